The molecule has 1 aromatic rings. The number of amides is 2. The van der Waals surface area contributed by atoms with Crippen molar-refractivity contribution in [1.29, 1.82) is 0 Å². The van der Waals surface area contributed by atoms with E-state index < -0.39 is 0 Å². The molecule has 1 saturated carbocycles. The summed E-state index contributed by atoms with van der Waals surface area (Å²) in [4.78, 5) is 26.0. The smallest absolute Gasteiger partial charge is 0.233 e. The molecule has 4 nitrogen and oxygen atoms in total. The minimum Gasteiger partial charge on any atom is -0.399 e. The van der Waals surface area contributed by atoms with Crippen LogP contribution in [0.4, 0.5) is 5.69 Å². The summed E-state index contributed by atoms with van der Waals surface area (Å²) in [6.45, 7) is 2.46. The summed E-state index contributed by atoms with van der Waals surface area (Å²) < 4.78 is 0. The van der Waals surface area contributed by atoms with Crippen LogP contribution in [0.3, 0.4) is 0 Å². The van der Waals surface area contributed by atoms with Crippen molar-refractivity contribution in [1.82, 2.24) is 4.90 Å². The van der Waals surface area contributed by atoms with E-state index in [0.29, 0.717) is 18.2 Å². The quantitative estimate of drug-likeness (QED) is 0.650. The highest BCUT2D eigenvalue weighted by molar-refractivity contribution is 6.05. The average Bonchev–Trinajstić information content (AvgIpc) is 2.84. The Balaban J connectivity index is 1.80. The van der Waals surface area contributed by atoms with Gasteiger partial charge in [-0.1, -0.05) is 19.1 Å². The van der Waals surface area contributed by atoms with Gasteiger partial charge >= 0.3 is 0 Å². The predicted octanol–water partition coefficient (Wildman–Crippen LogP) is 1.80. The van der Waals surface area contributed by atoms with Crippen LogP contribution in [0, 0.1) is 17.8 Å². The number of carbonyl (C=O) groups is 2. The maximum Gasteiger partial charge on any atom is 0.233 e. The van der Waals surface area contributed by atoms with Crippen LogP contribution in [-0.2, 0) is 16.1 Å². The predicted molar refractivity (Wildman–Crippen MR) is 71.8 cm³/mol. The minimum absolute atomic E-state index is 0.00164. The number of nitrogens with two attached hydrogens (primary N) is 1. The third-order valence-electron chi connectivity index (χ3n) is 4.26. The second kappa shape index (κ2) is 4.37. The highest BCUT2D eigenvalue weighted by Crippen LogP contribution is 2.43. The molecule has 1 heterocycles. The van der Waals surface area contributed by atoms with Crippen LogP contribution in [0.25, 0.3) is 0 Å². The molecule has 0 spiro atoms. The fourth-order valence-corrected chi connectivity index (χ4v) is 3.38. The van der Waals surface area contributed by atoms with E-state index in [0.717, 1.165) is 18.4 Å². The first kappa shape index (κ1) is 12.2. The standard InChI is InChI=1S/C15H18N2O2/c1-9-5-12-13(6-9)15(19)17(14(12)18)8-10-3-2-4-11(16)7-10/h2-4,7,9,12-13H,5-6,8,16H2,1H3. The van der Waals surface area contributed by atoms with Crippen molar-refractivity contribution in [2.24, 2.45) is 17.8 Å². The zero-order valence-electron chi connectivity index (χ0n) is 11.0. The van der Waals surface area contributed by atoms with Crippen LogP contribution in [0.5, 0.6) is 0 Å². The second-order valence-electron chi connectivity index (χ2n) is 5.80. The second-order valence-corrected chi connectivity index (χ2v) is 5.80. The average molecular weight is 258 g/mol. The zero-order chi connectivity index (χ0) is 13.6. The number of nitrogens with zero attached hydrogens (tertiary/aromatic N) is 1. The van der Waals surface area contributed by atoms with Gasteiger partial charge in [0.2, 0.25) is 11.8 Å². The first-order chi connectivity index (χ1) is 9.06. The molecule has 1 aliphatic heterocycles. The van der Waals surface area contributed by atoms with Crippen LogP contribution < -0.4 is 5.73 Å². The number of likely N-dealkylation sites (tertiary alicyclic amines) is 1. The Morgan fingerprint density at radius 2 is 1.84 bits per heavy atom. The van der Waals surface area contributed by atoms with Gasteiger partial charge in [0.25, 0.3) is 0 Å². The van der Waals surface area contributed by atoms with Gasteiger partial charge in [-0.2, -0.15) is 0 Å². The van der Waals surface area contributed by atoms with Crippen LogP contribution in [0.1, 0.15) is 25.3 Å². The monoisotopic (exact) mass is 258 g/mol. The highest BCUT2D eigenvalue weighted by atomic mass is 16.2. The molecule has 19 heavy (non-hydrogen) atoms. The molecule has 1 aromatic carbocycles. The summed E-state index contributed by atoms with van der Waals surface area (Å²) >= 11 is 0. The van der Waals surface area contributed by atoms with Crippen molar-refractivity contribution in [3.63, 3.8) is 0 Å². The van der Waals surface area contributed by atoms with Gasteiger partial charge in [0.15, 0.2) is 0 Å². The fourth-order valence-electron chi connectivity index (χ4n) is 3.38. The maximum atomic E-state index is 12.3. The Labute approximate surface area is 112 Å². The van der Waals surface area contributed by atoms with Crippen LogP contribution in [-0.4, -0.2) is 16.7 Å². The Morgan fingerprint density at radius 1 is 1.21 bits per heavy atom. The lowest BCUT2D eigenvalue weighted by Gasteiger charge is -2.17. The molecule has 1 saturated heterocycles. The van der Waals surface area contributed by atoms with Crippen LogP contribution in [0.2, 0.25) is 0 Å². The Morgan fingerprint density at radius 3 is 2.42 bits per heavy atom. The molecule has 0 bridgehead atoms. The SMILES string of the molecule is CC1CC2C(=O)N(Cc3cccc(N)c3)C(=O)C2C1. The Hall–Kier alpha value is -1.84. The van der Waals surface area contributed by atoms with Crippen LogP contribution >= 0.6 is 0 Å². The number of nitrogen functional groups attached to an aromatic ring is 1. The molecule has 4 heteroatoms. The van der Waals surface area contributed by atoms with E-state index in [2.05, 4.69) is 6.92 Å². The van der Waals surface area contributed by atoms with Gasteiger partial charge in [-0.05, 0) is 36.5 Å². The van der Waals surface area contributed by atoms with E-state index in [1.165, 1.54) is 4.90 Å². The van der Waals surface area contributed by atoms with Gasteiger partial charge < -0.3 is 5.73 Å². The molecule has 0 aromatic heterocycles. The third-order valence-corrected chi connectivity index (χ3v) is 4.26. The Kier molecular flexibility index (Phi) is 2.81. The summed E-state index contributed by atoms with van der Waals surface area (Å²) in [6.07, 6.45) is 1.70. The maximum absolute atomic E-state index is 12.3. The lowest BCUT2D eigenvalue weighted by atomic mass is 10.00. The first-order valence-corrected chi connectivity index (χ1v) is 6.76. The topological polar surface area (TPSA) is 63.4 Å². The van der Waals surface area contributed by atoms with Crippen molar-refractivity contribution in [2.45, 2.75) is 26.3 Å². The third kappa shape index (κ3) is 2.01. The Bertz CT molecular complexity index is 517. The molecule has 1 aliphatic carbocycles. The number of anilines is 1. The molecule has 3 rings (SSSR count). The van der Waals surface area contributed by atoms with Crippen molar-refractivity contribution in [3.05, 3.63) is 29.8 Å². The van der Waals surface area contributed by atoms with Gasteiger partial charge in [-0.3, -0.25) is 14.5 Å². The lowest BCUT2D eigenvalue weighted by Crippen LogP contribution is -2.31. The zero-order valence-corrected chi connectivity index (χ0v) is 11.0. The van der Waals surface area contributed by atoms with Crippen molar-refractivity contribution >= 4 is 17.5 Å². The lowest BCUT2D eigenvalue weighted by molar-refractivity contribution is -0.141. The molecule has 0 radical (unpaired) electrons. The number of carbonyl (C=O) groups excluding carboxylic acids is 2. The van der Waals surface area contributed by atoms with Gasteiger partial charge in [0, 0.05) is 5.69 Å². The normalized spacial score (nSPS) is 29.9. The van der Waals surface area contributed by atoms with Crippen molar-refractivity contribution in [3.8, 4) is 0 Å². The van der Waals surface area contributed by atoms with Crippen LogP contribution in [0.15, 0.2) is 24.3 Å². The molecule has 2 N–H and O–H groups in total. The van der Waals surface area contributed by atoms with Crippen molar-refractivity contribution in [2.75, 3.05) is 5.73 Å². The summed E-state index contributed by atoms with van der Waals surface area (Å²) in [6, 6.07) is 7.36. The van der Waals surface area contributed by atoms with Crippen molar-refractivity contribution < 1.29 is 9.59 Å². The van der Waals surface area contributed by atoms with E-state index in [4.69, 9.17) is 5.73 Å². The van der Waals surface area contributed by atoms with E-state index in [9.17, 15) is 9.59 Å². The molecule has 2 atom stereocenters. The van der Waals surface area contributed by atoms with E-state index in [1.54, 1.807) is 6.07 Å². The number of imide groups is 1. The molecule has 100 valence electrons. The molecule has 2 unspecified atom stereocenters. The number of rotatable bonds is 2. The molecular weight excluding hydrogens is 240 g/mol. The van der Waals surface area contributed by atoms with E-state index in [1.807, 2.05) is 18.2 Å². The van der Waals surface area contributed by atoms with E-state index >= 15 is 0 Å². The molecule has 2 amide bonds. The summed E-state index contributed by atoms with van der Waals surface area (Å²) in [7, 11) is 0. The van der Waals surface area contributed by atoms with E-state index in [-0.39, 0.29) is 23.7 Å². The fraction of sp³-hybridized carbons (Fsp3) is 0.467. The first-order valence-electron chi connectivity index (χ1n) is 6.76. The highest BCUT2D eigenvalue weighted by Gasteiger charge is 2.51. The summed E-state index contributed by atoms with van der Waals surface area (Å²) in [5.41, 5.74) is 7.29. The number of hydrogen-bond donors (Lipinski definition) is 1. The molecule has 2 fully saturated rings. The summed E-state index contributed by atoms with van der Waals surface area (Å²) in [5.74, 6) is 0.327. The molecular formula is C15H18N2O2. The molecule has 2 aliphatic rings. The summed E-state index contributed by atoms with van der Waals surface area (Å²) in [5, 5.41) is 0. The van der Waals surface area contributed by atoms with Gasteiger partial charge in [-0.15, -0.1) is 0 Å². The minimum atomic E-state index is -0.0800. The van der Waals surface area contributed by atoms with Gasteiger partial charge in [-0.25, -0.2) is 0 Å². The number of benzene rings is 1. The van der Waals surface area contributed by atoms with Gasteiger partial charge in [0.1, 0.15) is 0 Å². The number of fused-ring (bicyclic) bond motifs is 1. The van der Waals surface area contributed by atoms with Gasteiger partial charge in [0.05, 0.1) is 18.4 Å². The number of hydrogen-bond acceptors (Lipinski definition) is 3. The largest absolute Gasteiger partial charge is 0.399 e.